The van der Waals surface area contributed by atoms with E-state index in [0.717, 1.165) is 18.7 Å². The van der Waals surface area contributed by atoms with Gasteiger partial charge in [-0.2, -0.15) is 5.26 Å². The molecule has 0 fully saturated rings. The van der Waals surface area contributed by atoms with Gasteiger partial charge in [-0.15, -0.1) is 0 Å². The van der Waals surface area contributed by atoms with Gasteiger partial charge in [-0.05, 0) is 36.1 Å². The summed E-state index contributed by atoms with van der Waals surface area (Å²) >= 11 is 0. The first-order valence-electron chi connectivity index (χ1n) is 7.33. The van der Waals surface area contributed by atoms with Gasteiger partial charge in [0.05, 0.1) is 18.7 Å². The number of rotatable bonds is 7. The van der Waals surface area contributed by atoms with E-state index in [-0.39, 0.29) is 11.5 Å². The maximum Gasteiger partial charge on any atom is 0.119 e. The van der Waals surface area contributed by atoms with Crippen molar-refractivity contribution >= 4 is 0 Å². The maximum atomic E-state index is 9.03. The first-order valence-corrected chi connectivity index (χ1v) is 7.33. The zero-order valence-corrected chi connectivity index (χ0v) is 13.1. The second-order valence-electron chi connectivity index (χ2n) is 6.05. The fourth-order valence-corrected chi connectivity index (χ4v) is 1.88. The molecule has 1 aromatic rings. The van der Waals surface area contributed by atoms with Crippen LogP contribution in [0.25, 0.3) is 0 Å². The highest BCUT2D eigenvalue weighted by Gasteiger charge is 2.14. The van der Waals surface area contributed by atoms with Crippen molar-refractivity contribution in [3.63, 3.8) is 0 Å². The van der Waals surface area contributed by atoms with Crippen LogP contribution >= 0.6 is 0 Å². The summed E-state index contributed by atoms with van der Waals surface area (Å²) in [6.45, 7) is 10.1. The molecular formula is C17H26N2O. The Labute approximate surface area is 123 Å². The van der Waals surface area contributed by atoms with Crippen LogP contribution in [0.3, 0.4) is 0 Å². The monoisotopic (exact) mass is 274 g/mol. The van der Waals surface area contributed by atoms with E-state index in [2.05, 4.69) is 51.2 Å². The minimum atomic E-state index is -0.124. The Balaban J connectivity index is 2.48. The summed E-state index contributed by atoms with van der Waals surface area (Å²) in [7, 11) is 0. The van der Waals surface area contributed by atoms with Crippen molar-refractivity contribution in [2.75, 3.05) is 13.2 Å². The lowest BCUT2D eigenvalue weighted by Gasteiger charge is -2.20. The van der Waals surface area contributed by atoms with Crippen molar-refractivity contribution in [2.45, 2.75) is 52.0 Å². The second-order valence-corrected chi connectivity index (χ2v) is 6.05. The fraction of sp³-hybridized carbons (Fsp3) is 0.588. The Hall–Kier alpha value is -1.53. The molecule has 1 rings (SSSR count). The van der Waals surface area contributed by atoms with Gasteiger partial charge in [0.1, 0.15) is 5.75 Å². The highest BCUT2D eigenvalue weighted by molar-refractivity contribution is 5.32. The number of hydrogen-bond acceptors (Lipinski definition) is 3. The van der Waals surface area contributed by atoms with E-state index in [9.17, 15) is 0 Å². The molecular weight excluding hydrogens is 248 g/mol. The lowest BCUT2D eigenvalue weighted by molar-refractivity contribution is 0.297. The minimum absolute atomic E-state index is 0.122. The Bertz CT molecular complexity index is 443. The lowest BCUT2D eigenvalue weighted by Crippen LogP contribution is -2.29. The molecule has 20 heavy (non-hydrogen) atoms. The van der Waals surface area contributed by atoms with E-state index >= 15 is 0 Å². The average Bonchev–Trinajstić information content (AvgIpc) is 2.42. The molecule has 3 heteroatoms. The molecule has 1 atom stereocenters. The average molecular weight is 274 g/mol. The molecule has 0 aromatic heterocycles. The third-order valence-corrected chi connectivity index (χ3v) is 3.17. The van der Waals surface area contributed by atoms with Crippen LogP contribution in [-0.2, 0) is 5.41 Å². The van der Waals surface area contributed by atoms with Crippen molar-refractivity contribution in [3.05, 3.63) is 29.8 Å². The van der Waals surface area contributed by atoms with Crippen molar-refractivity contribution in [1.29, 1.82) is 5.26 Å². The molecule has 0 radical (unpaired) electrons. The van der Waals surface area contributed by atoms with Gasteiger partial charge in [0.25, 0.3) is 0 Å². The predicted molar refractivity (Wildman–Crippen MR) is 82.9 cm³/mol. The third kappa shape index (κ3) is 5.63. The summed E-state index contributed by atoms with van der Waals surface area (Å²) in [5.41, 5.74) is 1.38. The highest BCUT2D eigenvalue weighted by Crippen LogP contribution is 2.25. The highest BCUT2D eigenvalue weighted by atomic mass is 16.5. The Kier molecular flexibility index (Phi) is 6.54. The van der Waals surface area contributed by atoms with E-state index in [4.69, 9.17) is 10.00 Å². The molecule has 0 bridgehead atoms. The topological polar surface area (TPSA) is 45.0 Å². The number of nitriles is 1. The van der Waals surface area contributed by atoms with Gasteiger partial charge in [0.15, 0.2) is 0 Å². The fourth-order valence-electron chi connectivity index (χ4n) is 1.88. The van der Waals surface area contributed by atoms with Crippen LogP contribution < -0.4 is 10.1 Å². The third-order valence-electron chi connectivity index (χ3n) is 3.17. The first-order chi connectivity index (χ1) is 9.47. The second kappa shape index (κ2) is 7.91. The van der Waals surface area contributed by atoms with E-state index in [1.54, 1.807) is 0 Å². The molecule has 0 aliphatic carbocycles. The van der Waals surface area contributed by atoms with Crippen molar-refractivity contribution < 1.29 is 4.74 Å². The van der Waals surface area contributed by atoms with Crippen LogP contribution in [0.2, 0.25) is 0 Å². The standard InChI is InChI=1S/C17H26N2O/c1-5-10-19-15(13-18)9-11-20-16-8-6-7-14(12-16)17(2,3)4/h6-8,12,15,19H,5,9-11H2,1-4H3. The number of ether oxygens (including phenoxy) is 1. The van der Waals surface area contributed by atoms with E-state index in [1.807, 2.05) is 12.1 Å². The molecule has 0 saturated heterocycles. The summed E-state index contributed by atoms with van der Waals surface area (Å²) in [5, 5.41) is 12.2. The van der Waals surface area contributed by atoms with Crippen molar-refractivity contribution in [2.24, 2.45) is 0 Å². The number of hydrogen-bond donors (Lipinski definition) is 1. The molecule has 0 aliphatic rings. The van der Waals surface area contributed by atoms with Crippen molar-refractivity contribution in [3.8, 4) is 11.8 Å². The van der Waals surface area contributed by atoms with Crippen LogP contribution in [0.4, 0.5) is 0 Å². The largest absolute Gasteiger partial charge is 0.493 e. The van der Waals surface area contributed by atoms with Gasteiger partial charge in [-0.3, -0.25) is 0 Å². The summed E-state index contributed by atoms with van der Waals surface area (Å²) in [5.74, 6) is 0.879. The van der Waals surface area contributed by atoms with Crippen LogP contribution in [0.15, 0.2) is 24.3 Å². The number of benzene rings is 1. The molecule has 0 saturated carbocycles. The molecule has 0 amide bonds. The summed E-state index contributed by atoms with van der Waals surface area (Å²) in [4.78, 5) is 0. The van der Waals surface area contributed by atoms with Crippen LogP contribution in [0.1, 0.15) is 46.1 Å². The van der Waals surface area contributed by atoms with Crippen LogP contribution in [0, 0.1) is 11.3 Å². The zero-order valence-electron chi connectivity index (χ0n) is 13.1. The van der Waals surface area contributed by atoms with Gasteiger partial charge in [-0.1, -0.05) is 39.8 Å². The number of nitrogens with zero attached hydrogens (tertiary/aromatic N) is 1. The van der Waals surface area contributed by atoms with Crippen molar-refractivity contribution in [1.82, 2.24) is 5.32 Å². The molecule has 110 valence electrons. The Morgan fingerprint density at radius 1 is 1.35 bits per heavy atom. The van der Waals surface area contributed by atoms with Gasteiger partial charge < -0.3 is 10.1 Å². The van der Waals surface area contributed by atoms with E-state index in [1.165, 1.54) is 5.56 Å². The smallest absolute Gasteiger partial charge is 0.119 e. The molecule has 3 nitrogen and oxygen atoms in total. The van der Waals surface area contributed by atoms with E-state index in [0.29, 0.717) is 13.0 Å². The molecule has 1 unspecified atom stereocenters. The quantitative estimate of drug-likeness (QED) is 0.825. The molecule has 0 heterocycles. The molecule has 1 N–H and O–H groups in total. The zero-order chi connectivity index (χ0) is 15.0. The normalized spacial score (nSPS) is 12.8. The van der Waals surface area contributed by atoms with Gasteiger partial charge in [0.2, 0.25) is 0 Å². The lowest BCUT2D eigenvalue weighted by atomic mass is 9.87. The van der Waals surface area contributed by atoms with Gasteiger partial charge in [0, 0.05) is 6.42 Å². The molecule has 0 spiro atoms. The Morgan fingerprint density at radius 3 is 2.70 bits per heavy atom. The predicted octanol–water partition coefficient (Wildman–Crippen LogP) is 3.64. The first kappa shape index (κ1) is 16.5. The number of nitrogens with one attached hydrogen (secondary N) is 1. The van der Waals surface area contributed by atoms with Gasteiger partial charge in [-0.25, -0.2) is 0 Å². The van der Waals surface area contributed by atoms with Gasteiger partial charge >= 0.3 is 0 Å². The minimum Gasteiger partial charge on any atom is -0.493 e. The summed E-state index contributed by atoms with van der Waals surface area (Å²) < 4.78 is 5.76. The SMILES string of the molecule is CCCNC(C#N)CCOc1cccc(C(C)(C)C)c1. The van der Waals surface area contributed by atoms with E-state index < -0.39 is 0 Å². The molecule has 0 aliphatic heterocycles. The maximum absolute atomic E-state index is 9.03. The van der Waals surface area contributed by atoms with Crippen LogP contribution in [-0.4, -0.2) is 19.2 Å². The Morgan fingerprint density at radius 2 is 2.10 bits per heavy atom. The summed E-state index contributed by atoms with van der Waals surface area (Å²) in [6, 6.07) is 10.3. The molecule has 1 aromatic carbocycles. The summed E-state index contributed by atoms with van der Waals surface area (Å²) in [6.07, 6.45) is 1.74. The van der Waals surface area contributed by atoms with Crippen LogP contribution in [0.5, 0.6) is 5.75 Å².